The second-order valence-corrected chi connectivity index (χ2v) is 6.69. The van der Waals surface area contributed by atoms with Gasteiger partial charge in [0.05, 0.1) is 4.92 Å². The highest BCUT2D eigenvalue weighted by Crippen LogP contribution is 2.24. The van der Waals surface area contributed by atoms with Crippen LogP contribution < -0.4 is 10.6 Å². The van der Waals surface area contributed by atoms with E-state index in [4.69, 9.17) is 4.74 Å². The van der Waals surface area contributed by atoms with Gasteiger partial charge in [-0.15, -0.1) is 0 Å². The Labute approximate surface area is 156 Å². The molecular weight excluding hydrogens is 354 g/mol. The van der Waals surface area contributed by atoms with Gasteiger partial charge in [0.1, 0.15) is 5.56 Å². The number of ether oxygens (including phenoxy) is 1. The number of aryl methyl sites for hydroxylation is 1. The van der Waals surface area contributed by atoms with Crippen molar-refractivity contribution in [2.24, 2.45) is 5.92 Å². The summed E-state index contributed by atoms with van der Waals surface area (Å²) in [5.41, 5.74) is -0.305. The van der Waals surface area contributed by atoms with Gasteiger partial charge in [0.2, 0.25) is 0 Å². The number of rotatable bonds is 5. The van der Waals surface area contributed by atoms with Gasteiger partial charge in [-0.3, -0.25) is 20.2 Å². The van der Waals surface area contributed by atoms with E-state index in [0.29, 0.717) is 11.5 Å². The molecule has 3 amide bonds. The predicted octanol–water partition coefficient (Wildman–Crippen LogP) is 2.46. The maximum Gasteiger partial charge on any atom is 0.345 e. The number of carbonyl (C=O) groups is 3. The Morgan fingerprint density at radius 1 is 1.26 bits per heavy atom. The van der Waals surface area contributed by atoms with E-state index >= 15 is 0 Å². The third-order valence-corrected chi connectivity index (χ3v) is 4.66. The van der Waals surface area contributed by atoms with Gasteiger partial charge in [-0.25, -0.2) is 9.59 Å². The Kier molecular flexibility index (Phi) is 6.86. The number of hydrogen-bond donors (Lipinski definition) is 2. The van der Waals surface area contributed by atoms with E-state index in [2.05, 4.69) is 10.6 Å². The lowest BCUT2D eigenvalue weighted by Crippen LogP contribution is -2.48. The summed E-state index contributed by atoms with van der Waals surface area (Å²) in [5.74, 6) is -1.47. The van der Waals surface area contributed by atoms with Gasteiger partial charge in [0.15, 0.2) is 6.61 Å². The molecular formula is C18H23N3O6. The maximum atomic E-state index is 12.1. The van der Waals surface area contributed by atoms with Gasteiger partial charge in [0.25, 0.3) is 11.6 Å². The summed E-state index contributed by atoms with van der Waals surface area (Å²) in [5, 5.41) is 16.0. The highest BCUT2D eigenvalue weighted by molar-refractivity contribution is 5.98. The summed E-state index contributed by atoms with van der Waals surface area (Å²) < 4.78 is 4.81. The van der Waals surface area contributed by atoms with Crippen LogP contribution in [0.3, 0.4) is 0 Å². The number of carbonyl (C=O) groups excluding carboxylic acids is 3. The van der Waals surface area contributed by atoms with Crippen LogP contribution in [0.25, 0.3) is 0 Å². The number of imide groups is 1. The number of benzene rings is 1. The quantitative estimate of drug-likeness (QED) is 0.461. The lowest BCUT2D eigenvalue weighted by Gasteiger charge is -2.29. The fourth-order valence-corrected chi connectivity index (χ4v) is 3.17. The fourth-order valence-electron chi connectivity index (χ4n) is 3.17. The van der Waals surface area contributed by atoms with E-state index in [1.807, 2.05) is 6.92 Å². The summed E-state index contributed by atoms with van der Waals surface area (Å²) >= 11 is 0. The van der Waals surface area contributed by atoms with Crippen LogP contribution in [0.15, 0.2) is 18.2 Å². The van der Waals surface area contributed by atoms with Gasteiger partial charge in [0, 0.05) is 11.6 Å². The zero-order valence-corrected chi connectivity index (χ0v) is 15.3. The molecule has 0 unspecified atom stereocenters. The number of urea groups is 1. The van der Waals surface area contributed by atoms with Crippen molar-refractivity contribution in [2.75, 3.05) is 6.61 Å². The Hall–Kier alpha value is -2.97. The van der Waals surface area contributed by atoms with Crippen molar-refractivity contribution in [1.82, 2.24) is 10.6 Å². The van der Waals surface area contributed by atoms with Gasteiger partial charge < -0.3 is 10.1 Å². The second kappa shape index (κ2) is 9.11. The molecule has 0 aromatic heterocycles. The molecule has 0 bridgehead atoms. The van der Waals surface area contributed by atoms with Gasteiger partial charge in [-0.2, -0.15) is 0 Å². The Morgan fingerprint density at radius 2 is 1.96 bits per heavy atom. The van der Waals surface area contributed by atoms with Crippen LogP contribution in [0, 0.1) is 23.0 Å². The third-order valence-electron chi connectivity index (χ3n) is 4.66. The fraction of sp³-hybridized carbons (Fsp3) is 0.500. The zero-order valence-electron chi connectivity index (χ0n) is 15.3. The van der Waals surface area contributed by atoms with Crippen LogP contribution in [0.4, 0.5) is 10.5 Å². The molecule has 1 saturated carbocycles. The molecule has 146 valence electrons. The van der Waals surface area contributed by atoms with Crippen molar-refractivity contribution in [3.8, 4) is 0 Å². The van der Waals surface area contributed by atoms with Crippen molar-refractivity contribution >= 4 is 23.6 Å². The smallest absolute Gasteiger partial charge is 0.345 e. The minimum Gasteiger partial charge on any atom is -0.452 e. The highest BCUT2D eigenvalue weighted by Gasteiger charge is 2.25. The lowest BCUT2D eigenvalue weighted by atomic mass is 9.86. The number of nitro benzene ring substituents is 1. The molecule has 1 fully saturated rings. The Morgan fingerprint density at radius 3 is 2.63 bits per heavy atom. The maximum absolute atomic E-state index is 12.1. The first-order valence-corrected chi connectivity index (χ1v) is 8.81. The SMILES string of the molecule is Cc1cccc(C(=O)OCC(=O)NC(=O)N[C@H]2CCCC[C@@H]2C)c1[N+](=O)[O-]. The van der Waals surface area contributed by atoms with Crippen LogP contribution in [0.5, 0.6) is 0 Å². The average molecular weight is 377 g/mol. The van der Waals surface area contributed by atoms with E-state index < -0.39 is 29.4 Å². The summed E-state index contributed by atoms with van der Waals surface area (Å²) in [6, 6.07) is 3.60. The molecule has 1 aliphatic rings. The zero-order chi connectivity index (χ0) is 20.0. The number of nitro groups is 1. The molecule has 27 heavy (non-hydrogen) atoms. The normalized spacial score (nSPS) is 19.0. The first kappa shape index (κ1) is 20.3. The van der Waals surface area contributed by atoms with Crippen LogP contribution >= 0.6 is 0 Å². The predicted molar refractivity (Wildman–Crippen MR) is 96.2 cm³/mol. The van der Waals surface area contributed by atoms with Gasteiger partial charge >= 0.3 is 12.0 Å². The van der Waals surface area contributed by atoms with E-state index in [9.17, 15) is 24.5 Å². The van der Waals surface area contributed by atoms with Crippen molar-refractivity contribution in [2.45, 2.75) is 45.6 Å². The summed E-state index contributed by atoms with van der Waals surface area (Å²) in [6.45, 7) is 2.83. The highest BCUT2D eigenvalue weighted by atomic mass is 16.6. The number of para-hydroxylation sites is 1. The third kappa shape index (κ3) is 5.50. The van der Waals surface area contributed by atoms with Crippen LogP contribution in [-0.2, 0) is 9.53 Å². The molecule has 0 radical (unpaired) electrons. The minimum absolute atomic E-state index is 0.00374. The number of amides is 3. The van der Waals surface area contributed by atoms with Crippen LogP contribution in [0.1, 0.15) is 48.5 Å². The van der Waals surface area contributed by atoms with Crippen LogP contribution in [-0.4, -0.2) is 35.5 Å². The summed E-state index contributed by atoms with van der Waals surface area (Å²) in [6.07, 6.45) is 4.03. The van der Waals surface area contributed by atoms with Gasteiger partial charge in [-0.05, 0) is 31.7 Å². The molecule has 1 aliphatic carbocycles. The van der Waals surface area contributed by atoms with Crippen molar-refractivity contribution in [3.63, 3.8) is 0 Å². The molecule has 0 spiro atoms. The van der Waals surface area contributed by atoms with Crippen molar-refractivity contribution < 1.29 is 24.0 Å². The van der Waals surface area contributed by atoms with Crippen LogP contribution in [0.2, 0.25) is 0 Å². The molecule has 9 nitrogen and oxygen atoms in total. The monoisotopic (exact) mass is 377 g/mol. The minimum atomic E-state index is -0.998. The van der Waals surface area contributed by atoms with E-state index in [1.165, 1.54) is 25.1 Å². The largest absolute Gasteiger partial charge is 0.452 e. The van der Waals surface area contributed by atoms with E-state index in [0.717, 1.165) is 25.7 Å². The number of hydrogen-bond acceptors (Lipinski definition) is 6. The summed E-state index contributed by atoms with van der Waals surface area (Å²) in [7, 11) is 0. The molecule has 0 saturated heterocycles. The molecule has 1 aromatic rings. The molecule has 9 heteroatoms. The first-order valence-electron chi connectivity index (χ1n) is 8.81. The number of nitrogens with one attached hydrogen (secondary N) is 2. The van der Waals surface area contributed by atoms with E-state index in [-0.39, 0.29) is 17.3 Å². The Bertz CT molecular complexity index is 749. The Balaban J connectivity index is 1.86. The molecule has 2 rings (SSSR count). The van der Waals surface area contributed by atoms with Crippen molar-refractivity contribution in [3.05, 3.63) is 39.4 Å². The average Bonchev–Trinajstić information content (AvgIpc) is 2.61. The van der Waals surface area contributed by atoms with E-state index in [1.54, 1.807) is 0 Å². The summed E-state index contributed by atoms with van der Waals surface area (Å²) in [4.78, 5) is 46.2. The number of nitrogens with zero attached hydrogens (tertiary/aromatic N) is 1. The topological polar surface area (TPSA) is 128 Å². The first-order chi connectivity index (χ1) is 12.8. The second-order valence-electron chi connectivity index (χ2n) is 6.69. The molecule has 1 aromatic carbocycles. The van der Waals surface area contributed by atoms with Gasteiger partial charge in [-0.1, -0.05) is 31.9 Å². The molecule has 0 heterocycles. The lowest BCUT2D eigenvalue weighted by molar-refractivity contribution is -0.385. The molecule has 2 N–H and O–H groups in total. The standard InChI is InChI=1S/C18H23N3O6/c1-11-6-3-4-9-14(11)19-18(24)20-15(22)10-27-17(23)13-8-5-7-12(2)16(13)21(25)26/h5,7-8,11,14H,3-4,6,9-10H2,1-2H3,(H2,19,20,22,24)/t11-,14-/m0/s1. The molecule has 0 aliphatic heterocycles. The van der Waals surface area contributed by atoms with Crippen molar-refractivity contribution in [1.29, 1.82) is 0 Å². The molecule has 2 atom stereocenters. The number of esters is 1.